The molecule has 2 heterocycles. The van der Waals surface area contributed by atoms with E-state index in [2.05, 4.69) is 27.8 Å². The molecule has 2 aromatic carbocycles. The van der Waals surface area contributed by atoms with Gasteiger partial charge in [0.15, 0.2) is 0 Å². The van der Waals surface area contributed by atoms with Crippen LogP contribution in [0.4, 0.5) is 0 Å². The van der Waals surface area contributed by atoms with Crippen LogP contribution in [0.15, 0.2) is 70.1 Å². The second-order valence-corrected chi connectivity index (χ2v) is 9.18. The molecule has 0 spiro atoms. The van der Waals surface area contributed by atoms with Crippen LogP contribution in [0, 0.1) is 18.8 Å². The van der Waals surface area contributed by atoms with Crippen molar-refractivity contribution in [1.82, 2.24) is 4.57 Å². The Morgan fingerprint density at radius 3 is 2.61 bits per heavy atom. The lowest BCUT2D eigenvalue weighted by Gasteiger charge is -2.08. The average molecular weight is 492 g/mol. The first kappa shape index (κ1) is 21.1. The molecule has 4 aromatic rings. The predicted octanol–water partition coefficient (Wildman–Crippen LogP) is 5.47. The Morgan fingerprint density at radius 2 is 1.90 bits per heavy atom. The normalized spacial score (nSPS) is 10.6. The maximum atomic E-state index is 13.0. The molecule has 0 saturated carbocycles. The van der Waals surface area contributed by atoms with Gasteiger partial charge in [-0.25, -0.2) is 4.79 Å². The number of carbonyl (C=O) groups is 1. The molecule has 0 aliphatic heterocycles. The molecule has 0 atom stereocenters. The van der Waals surface area contributed by atoms with Crippen molar-refractivity contribution < 1.29 is 9.90 Å². The van der Waals surface area contributed by atoms with Crippen LogP contribution in [0.1, 0.15) is 31.9 Å². The van der Waals surface area contributed by atoms with Gasteiger partial charge in [-0.2, -0.15) is 0 Å². The van der Waals surface area contributed by atoms with Crippen LogP contribution in [-0.2, 0) is 13.0 Å². The van der Waals surface area contributed by atoms with E-state index in [9.17, 15) is 9.59 Å². The van der Waals surface area contributed by atoms with Crippen LogP contribution >= 0.6 is 27.3 Å². The number of nitrogens with zero attached hydrogens (tertiary/aromatic N) is 1. The Morgan fingerprint density at radius 1 is 1.13 bits per heavy atom. The standard InChI is InChI=1S/C25H18BrNO3S/c1-16-14-27(15-18-8-10-19(11-9-18)25(29)30)24(28)22-13-21(31-23(16)22)7-3-5-17-4-2-6-20(26)12-17/h2,4,6,8-14H,5,15H2,1H3,(H,29,30). The molecule has 4 rings (SSSR count). The summed E-state index contributed by atoms with van der Waals surface area (Å²) >= 11 is 5.00. The van der Waals surface area contributed by atoms with Crippen molar-refractivity contribution in [3.8, 4) is 11.8 Å². The van der Waals surface area contributed by atoms with Crippen LogP contribution in [-0.4, -0.2) is 15.6 Å². The number of aromatic carboxylic acids is 1. The van der Waals surface area contributed by atoms with Gasteiger partial charge < -0.3 is 9.67 Å². The molecule has 6 heteroatoms. The van der Waals surface area contributed by atoms with Gasteiger partial charge in [0.1, 0.15) is 0 Å². The minimum Gasteiger partial charge on any atom is -0.478 e. The number of carboxylic acid groups (broad SMARTS) is 1. The number of pyridine rings is 1. The topological polar surface area (TPSA) is 59.3 Å². The minimum absolute atomic E-state index is 0.0702. The van der Waals surface area contributed by atoms with Gasteiger partial charge in [-0.05, 0) is 53.9 Å². The third-order valence-corrected chi connectivity index (χ3v) is 6.56. The summed E-state index contributed by atoms with van der Waals surface area (Å²) < 4.78 is 3.65. The Hall–Kier alpha value is -3.14. The fourth-order valence-corrected chi connectivity index (χ4v) is 4.79. The van der Waals surface area contributed by atoms with Crippen molar-refractivity contribution in [3.05, 3.63) is 103 Å². The second-order valence-electron chi connectivity index (χ2n) is 7.21. The van der Waals surface area contributed by atoms with Gasteiger partial charge in [-0.15, -0.1) is 11.3 Å². The van der Waals surface area contributed by atoms with Crippen LogP contribution in [0.5, 0.6) is 0 Å². The van der Waals surface area contributed by atoms with Gasteiger partial charge in [-0.3, -0.25) is 4.79 Å². The molecular formula is C25H18BrNO3S. The number of hydrogen-bond acceptors (Lipinski definition) is 3. The first-order chi connectivity index (χ1) is 14.9. The number of rotatable bonds is 4. The van der Waals surface area contributed by atoms with Crippen molar-refractivity contribution in [2.75, 3.05) is 0 Å². The molecule has 0 radical (unpaired) electrons. The number of aromatic nitrogens is 1. The molecule has 0 amide bonds. The monoisotopic (exact) mass is 491 g/mol. The zero-order valence-electron chi connectivity index (χ0n) is 16.7. The van der Waals surface area contributed by atoms with E-state index in [4.69, 9.17) is 5.11 Å². The number of carboxylic acids is 1. The molecule has 0 aliphatic rings. The van der Waals surface area contributed by atoms with Crippen molar-refractivity contribution in [2.24, 2.45) is 0 Å². The Bertz CT molecular complexity index is 1400. The van der Waals surface area contributed by atoms with Gasteiger partial charge in [-0.1, -0.05) is 52.0 Å². The molecule has 31 heavy (non-hydrogen) atoms. The second kappa shape index (κ2) is 8.93. The van der Waals surface area contributed by atoms with E-state index in [1.807, 2.05) is 43.5 Å². The van der Waals surface area contributed by atoms with Crippen LogP contribution in [0.25, 0.3) is 10.1 Å². The SMILES string of the molecule is Cc1cn(Cc2ccc(C(=O)O)cc2)c(=O)c2cc(C#CCc3cccc(Br)c3)sc12. The molecule has 1 N–H and O–H groups in total. The van der Waals surface area contributed by atoms with E-state index in [1.165, 1.54) is 11.3 Å². The van der Waals surface area contributed by atoms with Crippen LogP contribution < -0.4 is 5.56 Å². The Kier molecular flexibility index (Phi) is 6.08. The molecule has 0 aliphatic carbocycles. The number of thiophene rings is 1. The number of hydrogen-bond donors (Lipinski definition) is 1. The fourth-order valence-electron chi connectivity index (χ4n) is 3.36. The van der Waals surface area contributed by atoms with Crippen molar-refractivity contribution in [3.63, 3.8) is 0 Å². The minimum atomic E-state index is -0.965. The highest BCUT2D eigenvalue weighted by Gasteiger charge is 2.11. The molecule has 4 nitrogen and oxygen atoms in total. The van der Waals surface area contributed by atoms with Gasteiger partial charge in [0.25, 0.3) is 5.56 Å². The van der Waals surface area contributed by atoms with Gasteiger partial charge in [0.2, 0.25) is 0 Å². The molecule has 154 valence electrons. The lowest BCUT2D eigenvalue weighted by Crippen LogP contribution is -2.20. The summed E-state index contributed by atoms with van der Waals surface area (Å²) in [4.78, 5) is 24.9. The third-order valence-electron chi connectivity index (χ3n) is 4.88. The van der Waals surface area contributed by atoms with Gasteiger partial charge in [0.05, 0.1) is 22.4 Å². The maximum Gasteiger partial charge on any atom is 0.335 e. The largest absolute Gasteiger partial charge is 0.478 e. The number of fused-ring (bicyclic) bond motifs is 1. The number of benzene rings is 2. The Balaban J connectivity index is 1.61. The molecule has 0 bridgehead atoms. The molecule has 0 saturated heterocycles. The summed E-state index contributed by atoms with van der Waals surface area (Å²) in [5, 5.41) is 9.70. The highest BCUT2D eigenvalue weighted by Crippen LogP contribution is 2.26. The lowest BCUT2D eigenvalue weighted by atomic mass is 10.1. The summed E-state index contributed by atoms with van der Waals surface area (Å²) in [7, 11) is 0. The third kappa shape index (κ3) is 4.79. The summed E-state index contributed by atoms with van der Waals surface area (Å²) in [6.45, 7) is 2.37. The summed E-state index contributed by atoms with van der Waals surface area (Å²) in [6, 6.07) is 16.5. The smallest absolute Gasteiger partial charge is 0.335 e. The quantitative estimate of drug-likeness (QED) is 0.384. The van der Waals surface area contributed by atoms with E-state index < -0.39 is 5.97 Å². The molecular weight excluding hydrogens is 474 g/mol. The van der Waals surface area contributed by atoms with Crippen molar-refractivity contribution in [2.45, 2.75) is 19.9 Å². The first-order valence-corrected chi connectivity index (χ1v) is 11.2. The van der Waals surface area contributed by atoms with Crippen molar-refractivity contribution >= 4 is 43.3 Å². The highest BCUT2D eigenvalue weighted by molar-refractivity contribution is 9.10. The zero-order chi connectivity index (χ0) is 22.0. The maximum absolute atomic E-state index is 13.0. The summed E-state index contributed by atoms with van der Waals surface area (Å²) in [6.07, 6.45) is 2.49. The lowest BCUT2D eigenvalue weighted by molar-refractivity contribution is 0.0697. The van der Waals surface area contributed by atoms with E-state index in [0.29, 0.717) is 18.4 Å². The van der Waals surface area contributed by atoms with E-state index in [1.54, 1.807) is 28.8 Å². The highest BCUT2D eigenvalue weighted by atomic mass is 79.9. The fraction of sp³-hybridized carbons (Fsp3) is 0.120. The molecule has 0 unspecified atom stereocenters. The average Bonchev–Trinajstić information content (AvgIpc) is 3.17. The van der Waals surface area contributed by atoms with Gasteiger partial charge in [0, 0.05) is 21.8 Å². The number of halogens is 1. The summed E-state index contributed by atoms with van der Waals surface area (Å²) in [5.74, 6) is 5.42. The molecule has 2 aromatic heterocycles. The number of aryl methyl sites for hydroxylation is 1. The van der Waals surface area contributed by atoms with Gasteiger partial charge >= 0.3 is 5.97 Å². The van der Waals surface area contributed by atoms with E-state index in [-0.39, 0.29) is 11.1 Å². The first-order valence-electron chi connectivity index (χ1n) is 9.60. The van der Waals surface area contributed by atoms with Crippen LogP contribution in [0.2, 0.25) is 0 Å². The van der Waals surface area contributed by atoms with Crippen LogP contribution in [0.3, 0.4) is 0 Å². The van der Waals surface area contributed by atoms with E-state index >= 15 is 0 Å². The molecule has 0 fully saturated rings. The predicted molar refractivity (Wildman–Crippen MR) is 128 cm³/mol. The zero-order valence-corrected chi connectivity index (χ0v) is 19.1. The Labute approximate surface area is 191 Å². The van der Waals surface area contributed by atoms with E-state index in [0.717, 1.165) is 30.7 Å². The summed E-state index contributed by atoms with van der Waals surface area (Å²) in [5.41, 5.74) is 3.18. The van der Waals surface area contributed by atoms with Crippen molar-refractivity contribution in [1.29, 1.82) is 0 Å².